The molecule has 18 heavy (non-hydrogen) atoms. The Hall–Kier alpha value is -1.39. The Balaban J connectivity index is 2.10. The molecule has 0 aliphatic carbocycles. The topological polar surface area (TPSA) is 48.1 Å². The van der Waals surface area contributed by atoms with E-state index in [1.165, 1.54) is 16.7 Å². The van der Waals surface area contributed by atoms with Gasteiger partial charge < -0.3 is 10.5 Å². The fourth-order valence-electron chi connectivity index (χ4n) is 2.04. The number of hydrogen-bond acceptors (Lipinski definition) is 4. The van der Waals surface area contributed by atoms with Crippen LogP contribution >= 0.6 is 11.3 Å². The van der Waals surface area contributed by atoms with Gasteiger partial charge in [-0.3, -0.25) is 0 Å². The summed E-state index contributed by atoms with van der Waals surface area (Å²) < 4.78 is 5.87. The third-order valence-electron chi connectivity index (χ3n) is 2.75. The number of thiazole rings is 1. The first-order valence-corrected chi connectivity index (χ1v) is 6.82. The van der Waals surface area contributed by atoms with Crippen LogP contribution in [-0.4, -0.2) is 4.98 Å². The van der Waals surface area contributed by atoms with Gasteiger partial charge in [0, 0.05) is 11.9 Å². The molecule has 4 heteroatoms. The van der Waals surface area contributed by atoms with E-state index in [0.717, 1.165) is 16.5 Å². The van der Waals surface area contributed by atoms with Crippen molar-refractivity contribution in [2.75, 3.05) is 0 Å². The summed E-state index contributed by atoms with van der Waals surface area (Å²) in [6, 6.07) is 4.27. The van der Waals surface area contributed by atoms with E-state index in [2.05, 4.69) is 37.9 Å². The molecular formula is C14H18N2OS. The van der Waals surface area contributed by atoms with Gasteiger partial charge in [0.15, 0.2) is 0 Å². The summed E-state index contributed by atoms with van der Waals surface area (Å²) in [5, 5.41) is 2.95. The molecule has 0 unspecified atom stereocenters. The van der Waals surface area contributed by atoms with Crippen molar-refractivity contribution >= 4 is 11.3 Å². The summed E-state index contributed by atoms with van der Waals surface area (Å²) in [6.45, 7) is 7.23. The van der Waals surface area contributed by atoms with Crippen LogP contribution in [0.25, 0.3) is 0 Å². The summed E-state index contributed by atoms with van der Waals surface area (Å²) in [6.07, 6.45) is 0. The molecule has 1 aromatic carbocycles. The maximum atomic E-state index is 5.87. The number of hydrogen-bond donors (Lipinski definition) is 1. The molecule has 0 aliphatic heterocycles. The van der Waals surface area contributed by atoms with Crippen LogP contribution in [0.15, 0.2) is 17.5 Å². The number of benzene rings is 1. The third-order valence-corrected chi connectivity index (χ3v) is 3.62. The highest BCUT2D eigenvalue weighted by molar-refractivity contribution is 7.09. The molecule has 0 fully saturated rings. The Morgan fingerprint density at radius 3 is 2.44 bits per heavy atom. The zero-order valence-corrected chi connectivity index (χ0v) is 11.8. The Labute approximate surface area is 112 Å². The van der Waals surface area contributed by atoms with Crippen LogP contribution in [0.3, 0.4) is 0 Å². The SMILES string of the molecule is Cc1cc(C)c(OCc2nc(CN)cs2)c(C)c1. The predicted octanol–water partition coefficient (Wildman–Crippen LogP) is 3.11. The van der Waals surface area contributed by atoms with Crippen LogP contribution in [0.4, 0.5) is 0 Å². The lowest BCUT2D eigenvalue weighted by atomic mass is 10.1. The zero-order valence-electron chi connectivity index (χ0n) is 11.0. The van der Waals surface area contributed by atoms with Crippen LogP contribution in [0, 0.1) is 20.8 Å². The van der Waals surface area contributed by atoms with Gasteiger partial charge in [0.25, 0.3) is 0 Å². The van der Waals surface area contributed by atoms with E-state index in [0.29, 0.717) is 13.2 Å². The highest BCUT2D eigenvalue weighted by Gasteiger charge is 2.07. The van der Waals surface area contributed by atoms with E-state index >= 15 is 0 Å². The maximum absolute atomic E-state index is 5.87. The van der Waals surface area contributed by atoms with Gasteiger partial charge >= 0.3 is 0 Å². The Morgan fingerprint density at radius 2 is 1.89 bits per heavy atom. The molecule has 2 aromatic rings. The van der Waals surface area contributed by atoms with E-state index < -0.39 is 0 Å². The number of ether oxygens (including phenoxy) is 1. The molecule has 2 N–H and O–H groups in total. The van der Waals surface area contributed by atoms with Gasteiger partial charge in [-0.2, -0.15) is 0 Å². The number of nitrogens with zero attached hydrogens (tertiary/aromatic N) is 1. The molecule has 2 rings (SSSR count). The van der Waals surface area contributed by atoms with E-state index in [4.69, 9.17) is 10.5 Å². The molecular weight excluding hydrogens is 244 g/mol. The number of rotatable bonds is 4. The highest BCUT2D eigenvalue weighted by Crippen LogP contribution is 2.25. The first kappa shape index (κ1) is 13.1. The van der Waals surface area contributed by atoms with Crippen LogP contribution < -0.4 is 10.5 Å². The standard InChI is InChI=1S/C14H18N2OS/c1-9-4-10(2)14(11(3)5-9)17-7-13-16-12(6-15)8-18-13/h4-5,8H,6-7,15H2,1-3H3. The average Bonchev–Trinajstić information content (AvgIpc) is 2.75. The molecule has 1 aromatic heterocycles. The smallest absolute Gasteiger partial charge is 0.140 e. The Bertz CT molecular complexity index is 525. The van der Waals surface area contributed by atoms with Crippen molar-refractivity contribution in [2.24, 2.45) is 5.73 Å². The molecule has 0 amide bonds. The van der Waals surface area contributed by atoms with Crippen molar-refractivity contribution in [3.63, 3.8) is 0 Å². The van der Waals surface area contributed by atoms with Gasteiger partial charge in [0.05, 0.1) is 5.69 Å². The number of aromatic nitrogens is 1. The molecule has 3 nitrogen and oxygen atoms in total. The largest absolute Gasteiger partial charge is 0.486 e. The van der Waals surface area contributed by atoms with Gasteiger partial charge in [-0.1, -0.05) is 17.7 Å². The second-order valence-corrected chi connectivity index (χ2v) is 5.40. The predicted molar refractivity (Wildman–Crippen MR) is 75.0 cm³/mol. The highest BCUT2D eigenvalue weighted by atomic mass is 32.1. The summed E-state index contributed by atoms with van der Waals surface area (Å²) >= 11 is 1.59. The zero-order chi connectivity index (χ0) is 13.1. The van der Waals surface area contributed by atoms with Crippen molar-refractivity contribution < 1.29 is 4.74 Å². The van der Waals surface area contributed by atoms with Crippen LogP contribution in [0.5, 0.6) is 5.75 Å². The molecule has 0 saturated heterocycles. The second kappa shape index (κ2) is 5.50. The van der Waals surface area contributed by atoms with Gasteiger partial charge in [-0.25, -0.2) is 4.98 Å². The van der Waals surface area contributed by atoms with Gasteiger partial charge in [-0.15, -0.1) is 11.3 Å². The van der Waals surface area contributed by atoms with E-state index in [9.17, 15) is 0 Å². The molecule has 1 heterocycles. The molecule has 0 aliphatic rings. The summed E-state index contributed by atoms with van der Waals surface area (Å²) in [5.41, 5.74) is 10.1. The minimum atomic E-state index is 0.485. The minimum absolute atomic E-state index is 0.485. The van der Waals surface area contributed by atoms with Crippen LogP contribution in [-0.2, 0) is 13.2 Å². The first-order valence-electron chi connectivity index (χ1n) is 5.94. The average molecular weight is 262 g/mol. The Kier molecular flexibility index (Phi) is 3.99. The maximum Gasteiger partial charge on any atom is 0.140 e. The molecule has 0 saturated carbocycles. The summed E-state index contributed by atoms with van der Waals surface area (Å²) in [4.78, 5) is 4.39. The summed E-state index contributed by atoms with van der Waals surface area (Å²) in [7, 11) is 0. The lowest BCUT2D eigenvalue weighted by Crippen LogP contribution is -2.01. The number of aryl methyl sites for hydroxylation is 3. The summed E-state index contributed by atoms with van der Waals surface area (Å²) in [5.74, 6) is 0.963. The normalized spacial score (nSPS) is 10.7. The fraction of sp³-hybridized carbons (Fsp3) is 0.357. The van der Waals surface area contributed by atoms with Crippen LogP contribution in [0.2, 0.25) is 0 Å². The van der Waals surface area contributed by atoms with Crippen molar-refractivity contribution in [3.8, 4) is 5.75 Å². The van der Waals surface area contributed by atoms with Crippen LogP contribution in [0.1, 0.15) is 27.4 Å². The van der Waals surface area contributed by atoms with Crippen molar-refractivity contribution in [2.45, 2.75) is 33.9 Å². The van der Waals surface area contributed by atoms with E-state index in [1.54, 1.807) is 11.3 Å². The first-order chi connectivity index (χ1) is 8.60. The molecule has 96 valence electrons. The molecule has 0 atom stereocenters. The fourth-order valence-corrected chi connectivity index (χ4v) is 2.76. The lowest BCUT2D eigenvalue weighted by molar-refractivity contribution is 0.301. The molecule has 0 spiro atoms. The lowest BCUT2D eigenvalue weighted by Gasteiger charge is -2.12. The molecule has 0 radical (unpaired) electrons. The Morgan fingerprint density at radius 1 is 1.22 bits per heavy atom. The van der Waals surface area contributed by atoms with Gasteiger partial charge in [0.2, 0.25) is 0 Å². The second-order valence-electron chi connectivity index (χ2n) is 4.45. The number of nitrogens with two attached hydrogens (primary N) is 1. The van der Waals surface area contributed by atoms with Crippen molar-refractivity contribution in [3.05, 3.63) is 44.9 Å². The van der Waals surface area contributed by atoms with Gasteiger partial charge in [-0.05, 0) is 31.9 Å². The third kappa shape index (κ3) is 2.89. The quantitative estimate of drug-likeness (QED) is 0.921. The molecule has 0 bridgehead atoms. The van der Waals surface area contributed by atoms with E-state index in [1.807, 2.05) is 5.38 Å². The minimum Gasteiger partial charge on any atom is -0.486 e. The van der Waals surface area contributed by atoms with Gasteiger partial charge in [0.1, 0.15) is 17.4 Å². The monoisotopic (exact) mass is 262 g/mol. The van der Waals surface area contributed by atoms with Crippen molar-refractivity contribution in [1.82, 2.24) is 4.98 Å². The van der Waals surface area contributed by atoms with E-state index in [-0.39, 0.29) is 0 Å². The van der Waals surface area contributed by atoms with Crippen molar-refractivity contribution in [1.29, 1.82) is 0 Å².